The average molecular weight is 549 g/mol. The van der Waals surface area contributed by atoms with Crippen molar-refractivity contribution in [2.75, 3.05) is 13.2 Å². The van der Waals surface area contributed by atoms with E-state index in [4.69, 9.17) is 9.47 Å². The minimum atomic E-state index is -0.919. The molecule has 0 saturated carbocycles. The zero-order valence-corrected chi connectivity index (χ0v) is 24.8. The molecule has 3 aromatic rings. The second kappa shape index (κ2) is 19.2. The SMILES string of the molecule is CCCCCCCCCCCCOc1ccc(-c2ncc(-c3ccc(OCC(F)CCCCC)cc3)cn2)cc1. The largest absolute Gasteiger partial charge is 0.494 e. The summed E-state index contributed by atoms with van der Waals surface area (Å²) in [5, 5.41) is 0. The van der Waals surface area contributed by atoms with Crippen molar-refractivity contribution in [1.82, 2.24) is 9.97 Å². The molecule has 1 aromatic heterocycles. The first-order valence-electron chi connectivity index (χ1n) is 15.6. The number of rotatable bonds is 21. The van der Waals surface area contributed by atoms with Gasteiger partial charge in [0.1, 0.15) is 24.3 Å². The van der Waals surface area contributed by atoms with E-state index in [1.54, 1.807) is 0 Å². The predicted molar refractivity (Wildman–Crippen MR) is 165 cm³/mol. The first-order valence-corrected chi connectivity index (χ1v) is 15.6. The second-order valence-corrected chi connectivity index (χ2v) is 10.8. The van der Waals surface area contributed by atoms with E-state index in [2.05, 4.69) is 23.8 Å². The summed E-state index contributed by atoms with van der Waals surface area (Å²) in [6, 6.07) is 15.7. The van der Waals surface area contributed by atoms with Crippen molar-refractivity contribution >= 4 is 0 Å². The zero-order chi connectivity index (χ0) is 28.3. The molecule has 5 heteroatoms. The van der Waals surface area contributed by atoms with Gasteiger partial charge in [-0.15, -0.1) is 0 Å². The van der Waals surface area contributed by atoms with Gasteiger partial charge in [0.2, 0.25) is 0 Å². The molecule has 0 aliphatic carbocycles. The number of nitrogens with zero attached hydrogens (tertiary/aromatic N) is 2. The van der Waals surface area contributed by atoms with Crippen LogP contribution < -0.4 is 9.47 Å². The van der Waals surface area contributed by atoms with Crippen LogP contribution in [0.3, 0.4) is 0 Å². The Balaban J connectivity index is 1.36. The third-order valence-corrected chi connectivity index (χ3v) is 7.27. The quantitative estimate of drug-likeness (QED) is 0.124. The van der Waals surface area contributed by atoms with E-state index in [1.807, 2.05) is 60.9 Å². The molecule has 0 saturated heterocycles. The van der Waals surface area contributed by atoms with Gasteiger partial charge < -0.3 is 9.47 Å². The Morgan fingerprint density at radius 2 is 1.07 bits per heavy atom. The number of hydrogen-bond donors (Lipinski definition) is 0. The summed E-state index contributed by atoms with van der Waals surface area (Å²) in [6.07, 6.45) is 19.6. The number of unbranched alkanes of at least 4 members (excludes halogenated alkanes) is 11. The maximum absolute atomic E-state index is 14.0. The van der Waals surface area contributed by atoms with Gasteiger partial charge in [0.15, 0.2) is 5.82 Å². The molecule has 0 spiro atoms. The molecular weight excluding hydrogens is 499 g/mol. The van der Waals surface area contributed by atoms with Crippen molar-refractivity contribution in [3.63, 3.8) is 0 Å². The van der Waals surface area contributed by atoms with Crippen molar-refractivity contribution in [1.29, 1.82) is 0 Å². The van der Waals surface area contributed by atoms with Crippen molar-refractivity contribution in [2.45, 2.75) is 110 Å². The number of alkyl halides is 1. The highest BCUT2D eigenvalue weighted by atomic mass is 19.1. The molecule has 1 unspecified atom stereocenters. The Kier molecular flexibility index (Phi) is 15.1. The van der Waals surface area contributed by atoms with E-state index in [0.717, 1.165) is 54.7 Å². The summed E-state index contributed by atoms with van der Waals surface area (Å²) < 4.78 is 25.5. The molecular formula is C35H49FN2O2. The number of ether oxygens (including phenoxy) is 2. The topological polar surface area (TPSA) is 44.2 Å². The lowest BCUT2D eigenvalue weighted by molar-refractivity contribution is 0.184. The summed E-state index contributed by atoms with van der Waals surface area (Å²) in [5.41, 5.74) is 2.88. The van der Waals surface area contributed by atoms with Crippen LogP contribution in [-0.4, -0.2) is 29.4 Å². The minimum Gasteiger partial charge on any atom is -0.494 e. The monoisotopic (exact) mass is 548 g/mol. The van der Waals surface area contributed by atoms with Crippen LogP contribution in [0.4, 0.5) is 4.39 Å². The minimum absolute atomic E-state index is 0.101. The third kappa shape index (κ3) is 12.1. The molecule has 1 atom stereocenters. The first-order chi connectivity index (χ1) is 19.7. The highest BCUT2D eigenvalue weighted by Crippen LogP contribution is 2.24. The van der Waals surface area contributed by atoms with Crippen LogP contribution in [-0.2, 0) is 0 Å². The molecule has 0 fully saturated rings. The van der Waals surface area contributed by atoms with Gasteiger partial charge in [-0.2, -0.15) is 0 Å². The van der Waals surface area contributed by atoms with Gasteiger partial charge in [0.05, 0.1) is 6.61 Å². The van der Waals surface area contributed by atoms with Crippen LogP contribution in [0.1, 0.15) is 104 Å². The Morgan fingerprint density at radius 1 is 0.575 bits per heavy atom. The van der Waals surface area contributed by atoms with Gasteiger partial charge in [-0.05, 0) is 54.8 Å². The van der Waals surface area contributed by atoms with E-state index in [0.29, 0.717) is 18.0 Å². The van der Waals surface area contributed by atoms with E-state index >= 15 is 0 Å². The summed E-state index contributed by atoms with van der Waals surface area (Å²) in [5.74, 6) is 2.25. The summed E-state index contributed by atoms with van der Waals surface area (Å²) >= 11 is 0. The van der Waals surface area contributed by atoms with Crippen LogP contribution in [0, 0.1) is 0 Å². The Hall–Kier alpha value is -2.95. The number of hydrogen-bond acceptors (Lipinski definition) is 4. The summed E-state index contributed by atoms with van der Waals surface area (Å²) in [7, 11) is 0. The standard InChI is InChI=1S/C35H49FN2O2/c1-3-5-7-8-9-10-11-12-13-15-25-39-33-23-19-30(20-24-33)35-37-26-31(27-38-35)29-17-21-34(22-18-29)40-28-32(36)16-14-6-4-2/h17-24,26-27,32H,3-16,25,28H2,1-2H3. The van der Waals surface area contributed by atoms with Crippen molar-refractivity contribution < 1.29 is 13.9 Å². The van der Waals surface area contributed by atoms with Crippen LogP contribution in [0.2, 0.25) is 0 Å². The van der Waals surface area contributed by atoms with Crippen molar-refractivity contribution in [3.8, 4) is 34.0 Å². The fourth-order valence-corrected chi connectivity index (χ4v) is 4.74. The Labute approximate surface area is 241 Å². The van der Waals surface area contributed by atoms with Crippen LogP contribution in [0.15, 0.2) is 60.9 Å². The normalized spacial score (nSPS) is 11.9. The molecule has 0 aliphatic heterocycles. The van der Waals surface area contributed by atoms with Crippen LogP contribution in [0.5, 0.6) is 11.5 Å². The van der Waals surface area contributed by atoms with Gasteiger partial charge in [-0.3, -0.25) is 0 Å². The first kappa shape index (κ1) is 31.6. The van der Waals surface area contributed by atoms with Crippen molar-refractivity contribution in [3.05, 3.63) is 60.9 Å². The van der Waals surface area contributed by atoms with Crippen LogP contribution in [0.25, 0.3) is 22.5 Å². The zero-order valence-electron chi connectivity index (χ0n) is 24.8. The van der Waals surface area contributed by atoms with Gasteiger partial charge in [0.25, 0.3) is 0 Å². The Morgan fingerprint density at radius 3 is 1.68 bits per heavy atom. The van der Waals surface area contributed by atoms with E-state index in [-0.39, 0.29) is 6.61 Å². The highest BCUT2D eigenvalue weighted by molar-refractivity contribution is 5.64. The lowest BCUT2D eigenvalue weighted by Gasteiger charge is -2.11. The van der Waals surface area contributed by atoms with Crippen molar-refractivity contribution in [2.24, 2.45) is 0 Å². The van der Waals surface area contributed by atoms with Gasteiger partial charge in [-0.25, -0.2) is 14.4 Å². The van der Waals surface area contributed by atoms with E-state index < -0.39 is 6.17 Å². The summed E-state index contributed by atoms with van der Waals surface area (Å²) in [4.78, 5) is 9.14. The predicted octanol–water partition coefficient (Wildman–Crippen LogP) is 10.4. The molecule has 3 rings (SSSR count). The van der Waals surface area contributed by atoms with Crippen LogP contribution >= 0.6 is 0 Å². The lowest BCUT2D eigenvalue weighted by Crippen LogP contribution is -2.12. The molecule has 0 radical (unpaired) electrons. The molecule has 218 valence electrons. The maximum atomic E-state index is 14.0. The van der Waals surface area contributed by atoms with Gasteiger partial charge >= 0.3 is 0 Å². The highest BCUT2D eigenvalue weighted by Gasteiger charge is 2.08. The number of benzene rings is 2. The number of aromatic nitrogens is 2. The molecule has 0 aliphatic rings. The Bertz CT molecular complexity index is 1040. The molecule has 0 amide bonds. The number of halogens is 1. The molecule has 1 heterocycles. The lowest BCUT2D eigenvalue weighted by atomic mass is 10.1. The van der Waals surface area contributed by atoms with E-state index in [1.165, 1.54) is 57.8 Å². The molecule has 0 bridgehead atoms. The maximum Gasteiger partial charge on any atom is 0.159 e. The van der Waals surface area contributed by atoms with Gasteiger partial charge in [-0.1, -0.05) is 103 Å². The molecule has 40 heavy (non-hydrogen) atoms. The fraction of sp³-hybridized carbons (Fsp3) is 0.543. The molecule has 0 N–H and O–H groups in total. The smallest absolute Gasteiger partial charge is 0.159 e. The fourth-order valence-electron chi connectivity index (χ4n) is 4.74. The molecule has 2 aromatic carbocycles. The molecule has 4 nitrogen and oxygen atoms in total. The third-order valence-electron chi connectivity index (χ3n) is 7.27. The second-order valence-electron chi connectivity index (χ2n) is 10.8. The summed E-state index contributed by atoms with van der Waals surface area (Å²) in [6.45, 7) is 5.25. The van der Waals surface area contributed by atoms with E-state index in [9.17, 15) is 4.39 Å². The van der Waals surface area contributed by atoms with Gasteiger partial charge in [0, 0.05) is 23.5 Å². The average Bonchev–Trinajstić information content (AvgIpc) is 3.00.